The molecule has 0 aliphatic heterocycles. The highest BCUT2D eigenvalue weighted by atomic mass is 35.5. The monoisotopic (exact) mass is 317 g/mol. The van der Waals surface area contributed by atoms with Gasteiger partial charge in [-0.05, 0) is 37.3 Å². The summed E-state index contributed by atoms with van der Waals surface area (Å²) in [4.78, 5) is 16.6. The molecule has 1 heterocycles. The van der Waals surface area contributed by atoms with Gasteiger partial charge < -0.3 is 9.88 Å². The van der Waals surface area contributed by atoms with Gasteiger partial charge in [0.15, 0.2) is 0 Å². The lowest BCUT2D eigenvalue weighted by Crippen LogP contribution is -2.14. The maximum absolute atomic E-state index is 13.8. The number of imidazole rings is 1. The molecule has 0 saturated carbocycles. The Morgan fingerprint density at radius 1 is 1.32 bits per heavy atom. The van der Waals surface area contributed by atoms with E-state index in [1.165, 1.54) is 18.2 Å². The van der Waals surface area contributed by atoms with Gasteiger partial charge in [0.2, 0.25) is 0 Å². The molecule has 0 bridgehead atoms. The number of aryl methyl sites for hydroxylation is 2. The summed E-state index contributed by atoms with van der Waals surface area (Å²) in [6.07, 6.45) is 0. The number of nitrogens with zero attached hydrogens (tertiary/aromatic N) is 2. The van der Waals surface area contributed by atoms with Crippen molar-refractivity contribution in [1.29, 1.82) is 0 Å². The van der Waals surface area contributed by atoms with Crippen LogP contribution < -0.4 is 5.32 Å². The number of nitrogens with one attached hydrogen (secondary N) is 1. The Hall–Kier alpha value is -2.40. The number of fused-ring (bicyclic) bond motifs is 1. The Bertz CT molecular complexity index is 868. The summed E-state index contributed by atoms with van der Waals surface area (Å²) in [5, 5.41) is 2.72. The molecule has 112 valence electrons. The van der Waals surface area contributed by atoms with E-state index in [4.69, 9.17) is 11.6 Å². The second-order valence-electron chi connectivity index (χ2n) is 4.97. The highest BCUT2D eigenvalue weighted by molar-refractivity contribution is 6.34. The number of carbonyl (C=O) groups excluding carboxylic acids is 1. The lowest BCUT2D eigenvalue weighted by atomic mass is 10.2. The summed E-state index contributed by atoms with van der Waals surface area (Å²) in [6.45, 7) is 1.90. The zero-order chi connectivity index (χ0) is 15.9. The number of halogens is 2. The van der Waals surface area contributed by atoms with E-state index in [9.17, 15) is 9.18 Å². The van der Waals surface area contributed by atoms with E-state index in [0.29, 0.717) is 5.69 Å². The minimum atomic E-state index is -0.653. The first-order valence-corrected chi connectivity index (χ1v) is 7.03. The zero-order valence-electron chi connectivity index (χ0n) is 12.0. The quantitative estimate of drug-likeness (QED) is 0.778. The third-order valence-electron chi connectivity index (χ3n) is 3.55. The first-order valence-electron chi connectivity index (χ1n) is 6.66. The van der Waals surface area contributed by atoms with Crippen molar-refractivity contribution in [1.82, 2.24) is 9.55 Å². The number of amides is 1. The molecule has 6 heteroatoms. The molecule has 2 aromatic carbocycles. The molecule has 3 rings (SSSR count). The van der Waals surface area contributed by atoms with Crippen LogP contribution in [0.3, 0.4) is 0 Å². The first-order chi connectivity index (χ1) is 10.5. The van der Waals surface area contributed by atoms with Gasteiger partial charge in [-0.25, -0.2) is 9.37 Å². The van der Waals surface area contributed by atoms with Gasteiger partial charge >= 0.3 is 0 Å². The summed E-state index contributed by atoms with van der Waals surface area (Å²) in [7, 11) is 1.92. The maximum atomic E-state index is 13.8. The number of carbonyl (C=O) groups is 1. The summed E-state index contributed by atoms with van der Waals surface area (Å²) < 4.78 is 15.7. The Labute approximate surface area is 131 Å². The zero-order valence-corrected chi connectivity index (χ0v) is 12.8. The SMILES string of the molecule is Cc1nc2cc(NC(=O)c3c(F)cccc3Cl)ccc2n1C. The normalized spacial score (nSPS) is 10.9. The van der Waals surface area contributed by atoms with Crippen LogP contribution >= 0.6 is 11.6 Å². The van der Waals surface area contributed by atoms with Crippen LogP contribution in [0.1, 0.15) is 16.2 Å². The number of aromatic nitrogens is 2. The van der Waals surface area contributed by atoms with Crippen molar-refractivity contribution >= 4 is 34.2 Å². The summed E-state index contributed by atoms with van der Waals surface area (Å²) in [5.41, 5.74) is 2.09. The number of anilines is 1. The fourth-order valence-corrected chi connectivity index (χ4v) is 2.56. The predicted octanol–water partition coefficient (Wildman–Crippen LogP) is 3.93. The molecule has 0 atom stereocenters. The molecule has 1 amide bonds. The lowest BCUT2D eigenvalue weighted by molar-refractivity contribution is 0.102. The molecule has 0 radical (unpaired) electrons. The van der Waals surface area contributed by atoms with Crippen LogP contribution in [0.15, 0.2) is 36.4 Å². The largest absolute Gasteiger partial charge is 0.331 e. The van der Waals surface area contributed by atoms with Gasteiger partial charge in [-0.15, -0.1) is 0 Å². The molecular formula is C16H13ClFN3O. The van der Waals surface area contributed by atoms with Gasteiger partial charge in [-0.2, -0.15) is 0 Å². The van der Waals surface area contributed by atoms with Crippen LogP contribution in [0.5, 0.6) is 0 Å². The van der Waals surface area contributed by atoms with Crippen LogP contribution in [-0.4, -0.2) is 15.5 Å². The molecule has 1 aromatic heterocycles. The van der Waals surface area contributed by atoms with E-state index < -0.39 is 11.7 Å². The van der Waals surface area contributed by atoms with Crippen molar-refractivity contribution in [2.75, 3.05) is 5.32 Å². The van der Waals surface area contributed by atoms with Gasteiger partial charge in [-0.1, -0.05) is 17.7 Å². The molecule has 0 spiro atoms. The van der Waals surface area contributed by atoms with Crippen molar-refractivity contribution in [2.45, 2.75) is 6.92 Å². The second-order valence-corrected chi connectivity index (χ2v) is 5.38. The Morgan fingerprint density at radius 3 is 2.82 bits per heavy atom. The number of rotatable bonds is 2. The second kappa shape index (κ2) is 5.42. The number of hydrogen-bond donors (Lipinski definition) is 1. The predicted molar refractivity (Wildman–Crippen MR) is 84.8 cm³/mol. The van der Waals surface area contributed by atoms with E-state index in [-0.39, 0.29) is 10.6 Å². The summed E-state index contributed by atoms with van der Waals surface area (Å²) >= 11 is 5.89. The molecule has 3 aromatic rings. The van der Waals surface area contributed by atoms with E-state index >= 15 is 0 Å². The number of hydrogen-bond acceptors (Lipinski definition) is 2. The summed E-state index contributed by atoms with van der Waals surface area (Å²) in [6, 6.07) is 9.48. The molecular weight excluding hydrogens is 305 g/mol. The molecule has 1 N–H and O–H groups in total. The van der Waals surface area contributed by atoms with Crippen LogP contribution in [0.2, 0.25) is 5.02 Å². The minimum absolute atomic E-state index is 0.0762. The average Bonchev–Trinajstić information content (AvgIpc) is 2.73. The number of benzene rings is 2. The van der Waals surface area contributed by atoms with Gasteiger partial charge in [-0.3, -0.25) is 4.79 Å². The van der Waals surface area contributed by atoms with E-state index in [2.05, 4.69) is 10.3 Å². The highest BCUT2D eigenvalue weighted by Gasteiger charge is 2.16. The first kappa shape index (κ1) is 14.5. The Morgan fingerprint density at radius 2 is 2.09 bits per heavy atom. The van der Waals surface area contributed by atoms with Crippen molar-refractivity contribution in [2.24, 2.45) is 7.05 Å². The molecule has 0 saturated heterocycles. The van der Waals surface area contributed by atoms with Gasteiger partial charge in [0.05, 0.1) is 21.6 Å². The molecule has 0 aliphatic carbocycles. The topological polar surface area (TPSA) is 46.9 Å². The van der Waals surface area contributed by atoms with Crippen molar-refractivity contribution in [3.05, 3.63) is 58.6 Å². The van der Waals surface area contributed by atoms with Gasteiger partial charge in [0.25, 0.3) is 5.91 Å². The van der Waals surface area contributed by atoms with Gasteiger partial charge in [0.1, 0.15) is 11.6 Å². The van der Waals surface area contributed by atoms with Crippen molar-refractivity contribution in [3.63, 3.8) is 0 Å². The maximum Gasteiger partial charge on any atom is 0.260 e. The molecule has 0 unspecified atom stereocenters. The van der Waals surface area contributed by atoms with Crippen molar-refractivity contribution < 1.29 is 9.18 Å². The fourth-order valence-electron chi connectivity index (χ4n) is 2.31. The fraction of sp³-hybridized carbons (Fsp3) is 0.125. The highest BCUT2D eigenvalue weighted by Crippen LogP contribution is 2.23. The van der Waals surface area contributed by atoms with Crippen LogP contribution in [0.4, 0.5) is 10.1 Å². The molecule has 0 aliphatic rings. The third kappa shape index (κ3) is 2.44. The summed E-state index contributed by atoms with van der Waals surface area (Å²) in [5.74, 6) is -0.370. The van der Waals surface area contributed by atoms with Gasteiger partial charge in [0, 0.05) is 12.7 Å². The minimum Gasteiger partial charge on any atom is -0.331 e. The Kier molecular flexibility index (Phi) is 3.58. The van der Waals surface area contributed by atoms with E-state index in [0.717, 1.165) is 16.9 Å². The Balaban J connectivity index is 1.94. The van der Waals surface area contributed by atoms with Crippen LogP contribution in [-0.2, 0) is 7.05 Å². The lowest BCUT2D eigenvalue weighted by Gasteiger charge is -2.08. The molecule has 22 heavy (non-hydrogen) atoms. The van der Waals surface area contributed by atoms with E-state index in [1.54, 1.807) is 12.1 Å². The van der Waals surface area contributed by atoms with Crippen molar-refractivity contribution in [3.8, 4) is 0 Å². The third-order valence-corrected chi connectivity index (χ3v) is 3.87. The molecule has 0 fully saturated rings. The smallest absolute Gasteiger partial charge is 0.260 e. The average molecular weight is 318 g/mol. The van der Waals surface area contributed by atoms with Crippen LogP contribution in [0.25, 0.3) is 11.0 Å². The molecule has 4 nitrogen and oxygen atoms in total. The standard InChI is InChI=1S/C16H13ClFN3O/c1-9-19-13-8-10(6-7-14(13)21(9)2)20-16(22)15-11(17)4-3-5-12(15)18/h3-8H,1-2H3,(H,20,22). The van der Waals surface area contributed by atoms with E-state index in [1.807, 2.05) is 24.6 Å². The van der Waals surface area contributed by atoms with Crippen LogP contribution in [0, 0.1) is 12.7 Å².